The second-order valence-electron chi connectivity index (χ2n) is 2.75. The van der Waals surface area contributed by atoms with E-state index in [2.05, 4.69) is 5.32 Å². The van der Waals surface area contributed by atoms with Gasteiger partial charge in [-0.05, 0) is 20.3 Å². The molecule has 0 aliphatic heterocycles. The quantitative estimate of drug-likeness (QED) is 0.660. The molecule has 0 aromatic heterocycles. The summed E-state index contributed by atoms with van der Waals surface area (Å²) < 4.78 is 0. The Balaban J connectivity index is 3.92. The van der Waals surface area contributed by atoms with Gasteiger partial charge in [-0.2, -0.15) is 5.26 Å². The number of hydrogen-bond acceptors (Lipinski definition) is 2. The zero-order valence-electron chi connectivity index (χ0n) is 7.22. The summed E-state index contributed by atoms with van der Waals surface area (Å²) in [6.07, 6.45) is 0.578. The molecule has 0 bridgehead atoms. The molecule has 1 amide bonds. The van der Waals surface area contributed by atoms with Gasteiger partial charge in [0.25, 0.3) is 0 Å². The fraction of sp³-hybridized carbons (Fsp3) is 0.750. The Bertz CT molecular complexity index is 169. The van der Waals surface area contributed by atoms with Gasteiger partial charge < -0.3 is 5.32 Å². The number of rotatable bonds is 3. The largest absolute Gasteiger partial charge is 0.353 e. The van der Waals surface area contributed by atoms with Gasteiger partial charge in [-0.1, -0.05) is 6.92 Å². The molecule has 0 saturated carbocycles. The van der Waals surface area contributed by atoms with E-state index in [9.17, 15) is 4.79 Å². The van der Waals surface area contributed by atoms with Crippen molar-refractivity contribution in [3.05, 3.63) is 0 Å². The van der Waals surface area contributed by atoms with E-state index in [1.807, 2.05) is 26.8 Å². The molecular weight excluding hydrogens is 140 g/mol. The maximum atomic E-state index is 11.1. The molecule has 0 aromatic rings. The SMILES string of the molecule is CCC(C#N)C(=O)NC(C)C. The first-order valence-corrected chi connectivity index (χ1v) is 3.81. The monoisotopic (exact) mass is 154 g/mol. The minimum atomic E-state index is -0.489. The predicted octanol–water partition coefficient (Wildman–Crippen LogP) is 1.06. The second-order valence-corrected chi connectivity index (χ2v) is 2.75. The first-order chi connectivity index (χ1) is 5.11. The van der Waals surface area contributed by atoms with Crippen LogP contribution in [0.4, 0.5) is 0 Å². The van der Waals surface area contributed by atoms with E-state index in [1.54, 1.807) is 0 Å². The van der Waals surface area contributed by atoms with Crippen LogP contribution in [-0.2, 0) is 4.79 Å². The van der Waals surface area contributed by atoms with Gasteiger partial charge in [-0.25, -0.2) is 0 Å². The van der Waals surface area contributed by atoms with E-state index >= 15 is 0 Å². The Hall–Kier alpha value is -1.04. The number of carbonyl (C=O) groups is 1. The topological polar surface area (TPSA) is 52.9 Å². The van der Waals surface area contributed by atoms with E-state index in [0.717, 1.165) is 0 Å². The van der Waals surface area contributed by atoms with E-state index < -0.39 is 5.92 Å². The van der Waals surface area contributed by atoms with Gasteiger partial charge in [0.15, 0.2) is 0 Å². The van der Waals surface area contributed by atoms with Crippen molar-refractivity contribution in [2.24, 2.45) is 5.92 Å². The molecule has 0 aliphatic rings. The zero-order chi connectivity index (χ0) is 8.85. The zero-order valence-corrected chi connectivity index (χ0v) is 7.22. The Labute approximate surface area is 67.4 Å². The summed E-state index contributed by atoms with van der Waals surface area (Å²) in [5.74, 6) is -0.651. The van der Waals surface area contributed by atoms with Crippen LogP contribution in [-0.4, -0.2) is 11.9 Å². The van der Waals surface area contributed by atoms with Crippen molar-refractivity contribution in [2.45, 2.75) is 33.2 Å². The van der Waals surface area contributed by atoms with Gasteiger partial charge in [0.1, 0.15) is 5.92 Å². The lowest BCUT2D eigenvalue weighted by molar-refractivity contribution is -0.123. The molecule has 0 radical (unpaired) electrons. The standard InChI is InChI=1S/C8H14N2O/c1-4-7(5-9)8(11)10-6(2)3/h6-7H,4H2,1-3H3,(H,10,11). The summed E-state index contributed by atoms with van der Waals surface area (Å²) in [5, 5.41) is 11.2. The van der Waals surface area contributed by atoms with Gasteiger partial charge in [-0.15, -0.1) is 0 Å². The Morgan fingerprint density at radius 1 is 1.64 bits per heavy atom. The van der Waals surface area contributed by atoms with Gasteiger partial charge in [-0.3, -0.25) is 4.79 Å². The lowest BCUT2D eigenvalue weighted by Crippen LogP contribution is -2.34. The van der Waals surface area contributed by atoms with E-state index in [1.165, 1.54) is 0 Å². The molecule has 3 nitrogen and oxygen atoms in total. The van der Waals surface area contributed by atoms with Crippen molar-refractivity contribution >= 4 is 5.91 Å². The van der Waals surface area contributed by atoms with Crippen LogP contribution in [0.5, 0.6) is 0 Å². The first kappa shape index (κ1) is 9.96. The number of nitrogens with zero attached hydrogens (tertiary/aromatic N) is 1. The van der Waals surface area contributed by atoms with Gasteiger partial charge >= 0.3 is 0 Å². The van der Waals surface area contributed by atoms with Crippen LogP contribution in [0.1, 0.15) is 27.2 Å². The molecule has 11 heavy (non-hydrogen) atoms. The average Bonchev–Trinajstić information content (AvgIpc) is 1.88. The maximum Gasteiger partial charge on any atom is 0.237 e. The van der Waals surface area contributed by atoms with E-state index in [4.69, 9.17) is 5.26 Å². The third-order valence-electron chi connectivity index (χ3n) is 1.31. The molecule has 0 rings (SSSR count). The predicted molar refractivity (Wildman–Crippen MR) is 42.7 cm³/mol. The normalized spacial score (nSPS) is 12.3. The van der Waals surface area contributed by atoms with Crippen LogP contribution in [0.2, 0.25) is 0 Å². The Morgan fingerprint density at radius 3 is 2.45 bits per heavy atom. The highest BCUT2D eigenvalue weighted by Gasteiger charge is 2.15. The summed E-state index contributed by atoms with van der Waals surface area (Å²) >= 11 is 0. The molecule has 0 spiro atoms. The summed E-state index contributed by atoms with van der Waals surface area (Å²) in [6, 6.07) is 2.06. The molecule has 0 fully saturated rings. The average molecular weight is 154 g/mol. The number of hydrogen-bond donors (Lipinski definition) is 1. The van der Waals surface area contributed by atoms with Crippen molar-refractivity contribution in [1.29, 1.82) is 5.26 Å². The number of amides is 1. The molecule has 0 heterocycles. The van der Waals surface area contributed by atoms with Crippen LogP contribution >= 0.6 is 0 Å². The fourth-order valence-electron chi connectivity index (χ4n) is 0.720. The van der Waals surface area contributed by atoms with Crippen LogP contribution in [0.25, 0.3) is 0 Å². The molecule has 0 aromatic carbocycles. The number of nitrogens with one attached hydrogen (secondary N) is 1. The summed E-state index contributed by atoms with van der Waals surface area (Å²) in [4.78, 5) is 11.1. The lowest BCUT2D eigenvalue weighted by Gasteiger charge is -2.10. The molecule has 62 valence electrons. The van der Waals surface area contributed by atoms with Crippen molar-refractivity contribution in [2.75, 3.05) is 0 Å². The highest BCUT2D eigenvalue weighted by Crippen LogP contribution is 2.00. The summed E-state index contributed by atoms with van der Waals surface area (Å²) in [7, 11) is 0. The summed E-state index contributed by atoms with van der Waals surface area (Å²) in [6.45, 7) is 5.58. The molecule has 1 unspecified atom stereocenters. The summed E-state index contributed by atoms with van der Waals surface area (Å²) in [5.41, 5.74) is 0. The Kier molecular flexibility index (Phi) is 4.28. The molecule has 3 heteroatoms. The van der Waals surface area contributed by atoms with Crippen LogP contribution < -0.4 is 5.32 Å². The molecule has 0 aliphatic carbocycles. The van der Waals surface area contributed by atoms with E-state index in [0.29, 0.717) is 6.42 Å². The molecular formula is C8H14N2O. The van der Waals surface area contributed by atoms with Crippen molar-refractivity contribution in [1.82, 2.24) is 5.32 Å². The third kappa shape index (κ3) is 3.61. The smallest absolute Gasteiger partial charge is 0.237 e. The Morgan fingerprint density at radius 2 is 2.18 bits per heavy atom. The molecule has 1 atom stereocenters. The third-order valence-corrected chi connectivity index (χ3v) is 1.31. The van der Waals surface area contributed by atoms with Crippen molar-refractivity contribution in [3.8, 4) is 6.07 Å². The van der Waals surface area contributed by atoms with Crippen LogP contribution in [0.15, 0.2) is 0 Å². The van der Waals surface area contributed by atoms with Crippen LogP contribution in [0.3, 0.4) is 0 Å². The fourth-order valence-corrected chi connectivity index (χ4v) is 0.720. The molecule has 1 N–H and O–H groups in total. The van der Waals surface area contributed by atoms with Gasteiger partial charge in [0.2, 0.25) is 5.91 Å². The highest BCUT2D eigenvalue weighted by atomic mass is 16.1. The van der Waals surface area contributed by atoms with Gasteiger partial charge in [0, 0.05) is 6.04 Å². The van der Waals surface area contributed by atoms with Crippen molar-refractivity contribution in [3.63, 3.8) is 0 Å². The highest BCUT2D eigenvalue weighted by molar-refractivity contribution is 5.81. The first-order valence-electron chi connectivity index (χ1n) is 3.81. The van der Waals surface area contributed by atoms with Crippen molar-refractivity contribution < 1.29 is 4.79 Å². The lowest BCUT2D eigenvalue weighted by atomic mass is 10.1. The minimum Gasteiger partial charge on any atom is -0.353 e. The second kappa shape index (κ2) is 4.73. The molecule has 0 saturated heterocycles. The van der Waals surface area contributed by atoms with Gasteiger partial charge in [0.05, 0.1) is 6.07 Å². The van der Waals surface area contributed by atoms with Crippen LogP contribution in [0, 0.1) is 17.2 Å². The van der Waals surface area contributed by atoms with E-state index in [-0.39, 0.29) is 11.9 Å². The maximum absolute atomic E-state index is 11.1. The minimum absolute atomic E-state index is 0.116. The number of nitriles is 1. The number of carbonyl (C=O) groups excluding carboxylic acids is 1.